The second-order valence-corrected chi connectivity index (χ2v) is 6.06. The van der Waals surface area contributed by atoms with Crippen LogP contribution in [0, 0.1) is 17.5 Å². The van der Waals surface area contributed by atoms with Crippen LogP contribution in [0.4, 0.5) is 13.2 Å². The van der Waals surface area contributed by atoms with Crippen LogP contribution in [0.1, 0.15) is 42.0 Å². The van der Waals surface area contributed by atoms with Crippen LogP contribution >= 0.6 is 0 Å². The molecule has 2 aromatic rings. The minimum Gasteiger partial charge on any atom is -0.207 e. The van der Waals surface area contributed by atoms with Gasteiger partial charge in [0, 0.05) is 5.56 Å². The lowest BCUT2D eigenvalue weighted by molar-refractivity contribution is 0.571. The van der Waals surface area contributed by atoms with E-state index in [1.807, 2.05) is 6.92 Å². The molecular weight excluding hydrogens is 297 g/mol. The Morgan fingerprint density at radius 2 is 1.70 bits per heavy atom. The molecule has 0 fully saturated rings. The standard InChI is InChI=1S/C20H19F3/c1-2-3-4-13-9-18(22)20(19(23)10-13)16-6-5-15-12-17(21)8-7-14(15)11-16/h6-10,12H,2-5,11H2,1H3. The highest BCUT2D eigenvalue weighted by atomic mass is 19.1. The van der Waals surface area contributed by atoms with Crippen LogP contribution in [0.2, 0.25) is 0 Å². The van der Waals surface area contributed by atoms with Crippen LogP contribution in [-0.4, -0.2) is 0 Å². The van der Waals surface area contributed by atoms with Gasteiger partial charge in [-0.2, -0.15) is 0 Å². The van der Waals surface area contributed by atoms with E-state index in [9.17, 15) is 13.2 Å². The molecule has 23 heavy (non-hydrogen) atoms. The predicted molar refractivity (Wildman–Crippen MR) is 86.8 cm³/mol. The summed E-state index contributed by atoms with van der Waals surface area (Å²) in [4.78, 5) is 0. The third kappa shape index (κ3) is 3.34. The van der Waals surface area contributed by atoms with E-state index in [1.165, 1.54) is 24.3 Å². The molecule has 120 valence electrons. The van der Waals surface area contributed by atoms with Crippen molar-refractivity contribution in [2.75, 3.05) is 0 Å². The number of allylic oxidation sites excluding steroid dienone is 2. The summed E-state index contributed by atoms with van der Waals surface area (Å²) >= 11 is 0. The Morgan fingerprint density at radius 1 is 0.957 bits per heavy atom. The smallest absolute Gasteiger partial charge is 0.133 e. The topological polar surface area (TPSA) is 0 Å². The first kappa shape index (κ1) is 15.9. The molecule has 3 rings (SSSR count). The van der Waals surface area contributed by atoms with Crippen molar-refractivity contribution in [1.29, 1.82) is 0 Å². The van der Waals surface area contributed by atoms with E-state index in [4.69, 9.17) is 0 Å². The zero-order valence-electron chi connectivity index (χ0n) is 13.1. The number of benzene rings is 2. The largest absolute Gasteiger partial charge is 0.207 e. The van der Waals surface area contributed by atoms with Crippen molar-refractivity contribution in [3.63, 3.8) is 0 Å². The number of unbranched alkanes of at least 4 members (excludes halogenated alkanes) is 1. The van der Waals surface area contributed by atoms with Gasteiger partial charge >= 0.3 is 0 Å². The predicted octanol–water partition coefficient (Wildman–Crippen LogP) is 5.63. The lowest BCUT2D eigenvalue weighted by atomic mass is 9.87. The van der Waals surface area contributed by atoms with Gasteiger partial charge in [0.25, 0.3) is 0 Å². The lowest BCUT2D eigenvalue weighted by Crippen LogP contribution is -2.07. The first-order chi connectivity index (χ1) is 11.1. The Bertz CT molecular complexity index is 736. The zero-order valence-corrected chi connectivity index (χ0v) is 13.1. The lowest BCUT2D eigenvalue weighted by Gasteiger charge is -2.19. The van der Waals surface area contributed by atoms with Crippen molar-refractivity contribution < 1.29 is 13.2 Å². The summed E-state index contributed by atoms with van der Waals surface area (Å²) in [5.74, 6) is -1.29. The van der Waals surface area contributed by atoms with Gasteiger partial charge in [-0.15, -0.1) is 0 Å². The van der Waals surface area contributed by atoms with E-state index in [0.29, 0.717) is 30.4 Å². The Balaban J connectivity index is 1.91. The summed E-state index contributed by atoms with van der Waals surface area (Å²) in [5.41, 5.74) is 3.21. The molecule has 0 N–H and O–H groups in total. The molecule has 0 aliphatic heterocycles. The fraction of sp³-hybridized carbons (Fsp3) is 0.300. The summed E-state index contributed by atoms with van der Waals surface area (Å²) in [5, 5.41) is 0. The molecule has 0 unspecified atom stereocenters. The number of hydrogen-bond acceptors (Lipinski definition) is 0. The molecule has 0 spiro atoms. The maximum atomic E-state index is 14.4. The summed E-state index contributed by atoms with van der Waals surface area (Å²) in [7, 11) is 0. The maximum Gasteiger partial charge on any atom is 0.133 e. The normalized spacial score (nSPS) is 13.7. The van der Waals surface area contributed by atoms with Crippen molar-refractivity contribution in [2.24, 2.45) is 0 Å². The summed E-state index contributed by atoms with van der Waals surface area (Å²) in [6.45, 7) is 2.05. The molecular formula is C20H19F3. The minimum absolute atomic E-state index is 0.0558. The monoisotopic (exact) mass is 316 g/mol. The van der Waals surface area contributed by atoms with E-state index in [1.54, 1.807) is 12.1 Å². The number of hydrogen-bond donors (Lipinski definition) is 0. The van der Waals surface area contributed by atoms with Crippen LogP contribution in [0.3, 0.4) is 0 Å². The first-order valence-corrected chi connectivity index (χ1v) is 8.03. The average Bonchev–Trinajstić information content (AvgIpc) is 2.52. The highest BCUT2D eigenvalue weighted by molar-refractivity contribution is 5.71. The Morgan fingerprint density at radius 3 is 2.39 bits per heavy atom. The van der Waals surface area contributed by atoms with E-state index < -0.39 is 11.6 Å². The van der Waals surface area contributed by atoms with Crippen molar-refractivity contribution >= 4 is 5.57 Å². The van der Waals surface area contributed by atoms with Crippen molar-refractivity contribution in [3.8, 4) is 0 Å². The molecule has 1 aliphatic rings. The molecule has 1 aliphatic carbocycles. The van der Waals surface area contributed by atoms with Gasteiger partial charge in [0.05, 0.1) is 0 Å². The third-order valence-corrected chi connectivity index (χ3v) is 4.36. The molecule has 0 radical (unpaired) electrons. The van der Waals surface area contributed by atoms with Crippen LogP contribution in [0.5, 0.6) is 0 Å². The van der Waals surface area contributed by atoms with Crippen molar-refractivity contribution in [2.45, 2.75) is 39.0 Å². The highest BCUT2D eigenvalue weighted by Gasteiger charge is 2.19. The van der Waals surface area contributed by atoms with Crippen molar-refractivity contribution in [1.82, 2.24) is 0 Å². The Hall–Kier alpha value is -2.03. The molecule has 0 atom stereocenters. The second-order valence-electron chi connectivity index (χ2n) is 6.06. The third-order valence-electron chi connectivity index (χ3n) is 4.36. The van der Waals surface area contributed by atoms with E-state index in [2.05, 4.69) is 0 Å². The van der Waals surface area contributed by atoms with Gasteiger partial charge in [0.2, 0.25) is 0 Å². The van der Waals surface area contributed by atoms with E-state index in [0.717, 1.165) is 24.0 Å². The van der Waals surface area contributed by atoms with Gasteiger partial charge in [-0.25, -0.2) is 13.2 Å². The molecule has 3 heteroatoms. The molecule has 0 aromatic heterocycles. The molecule has 0 heterocycles. The number of halogens is 3. The van der Waals surface area contributed by atoms with Crippen LogP contribution in [-0.2, 0) is 19.3 Å². The van der Waals surface area contributed by atoms with Gasteiger partial charge < -0.3 is 0 Å². The Kier molecular flexibility index (Phi) is 4.56. The quantitative estimate of drug-likeness (QED) is 0.686. The molecule has 0 nitrogen and oxygen atoms in total. The fourth-order valence-electron chi connectivity index (χ4n) is 3.12. The molecule has 0 bridgehead atoms. The summed E-state index contributed by atoms with van der Waals surface area (Å²) < 4.78 is 42.1. The maximum absolute atomic E-state index is 14.4. The highest BCUT2D eigenvalue weighted by Crippen LogP contribution is 2.31. The second kappa shape index (κ2) is 6.61. The number of rotatable bonds is 4. The summed E-state index contributed by atoms with van der Waals surface area (Å²) in [6, 6.07) is 7.46. The van der Waals surface area contributed by atoms with Crippen LogP contribution < -0.4 is 0 Å². The molecule has 2 aromatic carbocycles. The number of aryl methyl sites for hydroxylation is 1. The molecule has 0 saturated heterocycles. The van der Waals surface area contributed by atoms with Gasteiger partial charge in [0.15, 0.2) is 0 Å². The van der Waals surface area contributed by atoms with Gasteiger partial charge in [-0.3, -0.25) is 0 Å². The zero-order chi connectivity index (χ0) is 16.4. The van der Waals surface area contributed by atoms with Gasteiger partial charge in [-0.1, -0.05) is 25.5 Å². The van der Waals surface area contributed by atoms with E-state index >= 15 is 0 Å². The molecule has 0 saturated carbocycles. The van der Waals surface area contributed by atoms with Crippen LogP contribution in [0.25, 0.3) is 5.57 Å². The van der Waals surface area contributed by atoms with Gasteiger partial charge in [0.1, 0.15) is 17.5 Å². The number of fused-ring (bicyclic) bond motifs is 1. The van der Waals surface area contributed by atoms with Crippen molar-refractivity contribution in [3.05, 3.63) is 76.1 Å². The SMILES string of the molecule is CCCCc1cc(F)c(C2=CCc3cc(F)ccc3C2)c(F)c1. The summed E-state index contributed by atoms with van der Waals surface area (Å²) in [6.07, 6.45) is 5.32. The van der Waals surface area contributed by atoms with Gasteiger partial charge in [-0.05, 0) is 72.2 Å². The van der Waals surface area contributed by atoms with Crippen LogP contribution in [0.15, 0.2) is 36.4 Å². The van der Waals surface area contributed by atoms with E-state index in [-0.39, 0.29) is 11.4 Å². The first-order valence-electron chi connectivity index (χ1n) is 8.03. The molecule has 0 amide bonds. The minimum atomic E-state index is -0.507. The average molecular weight is 316 g/mol. The fourth-order valence-corrected chi connectivity index (χ4v) is 3.12. The Labute approximate surface area is 134 Å².